The number of aromatic nitrogens is 2. The first-order valence-corrected chi connectivity index (χ1v) is 7.08. The number of para-hydroxylation sites is 1. The van der Waals surface area contributed by atoms with E-state index in [1.165, 1.54) is 0 Å². The lowest BCUT2D eigenvalue weighted by Gasteiger charge is -2.21. The van der Waals surface area contributed by atoms with Crippen molar-refractivity contribution in [2.45, 2.75) is 33.1 Å². The van der Waals surface area contributed by atoms with Crippen molar-refractivity contribution in [3.05, 3.63) is 35.7 Å². The fraction of sp³-hybridized carbons (Fsp3) is 0.412. The number of hydrogen-bond donors (Lipinski definition) is 1. The highest BCUT2D eigenvalue weighted by Gasteiger charge is 2.22. The molecule has 0 aliphatic carbocycles. The molecule has 0 atom stereocenters. The van der Waals surface area contributed by atoms with Crippen molar-refractivity contribution >= 4 is 5.82 Å². The highest BCUT2D eigenvalue weighted by atomic mass is 16.5. The maximum Gasteiger partial charge on any atom is 0.136 e. The molecule has 0 fully saturated rings. The van der Waals surface area contributed by atoms with Gasteiger partial charge in [0.15, 0.2) is 0 Å². The van der Waals surface area contributed by atoms with E-state index in [4.69, 9.17) is 9.72 Å². The Kier molecular flexibility index (Phi) is 4.16. The quantitative estimate of drug-likeness (QED) is 0.931. The zero-order chi connectivity index (χ0) is 15.6. The third-order valence-electron chi connectivity index (χ3n) is 3.42. The molecule has 0 amide bonds. The minimum Gasteiger partial charge on any atom is -0.496 e. The summed E-state index contributed by atoms with van der Waals surface area (Å²) < 4.78 is 5.47. The van der Waals surface area contributed by atoms with E-state index in [1.807, 2.05) is 38.2 Å². The maximum absolute atomic E-state index is 5.47. The average molecular weight is 285 g/mol. The van der Waals surface area contributed by atoms with Crippen LogP contribution in [-0.2, 0) is 5.41 Å². The second kappa shape index (κ2) is 5.72. The summed E-state index contributed by atoms with van der Waals surface area (Å²) in [5.41, 5.74) is 2.81. The Hall–Kier alpha value is -2.10. The number of hydrogen-bond acceptors (Lipinski definition) is 4. The van der Waals surface area contributed by atoms with Gasteiger partial charge < -0.3 is 10.1 Å². The van der Waals surface area contributed by atoms with Crippen molar-refractivity contribution in [1.82, 2.24) is 9.97 Å². The second-order valence-electron chi connectivity index (χ2n) is 6.07. The monoisotopic (exact) mass is 285 g/mol. The Labute approximate surface area is 126 Å². The lowest BCUT2D eigenvalue weighted by molar-refractivity contribution is 0.416. The summed E-state index contributed by atoms with van der Waals surface area (Å²) in [6.07, 6.45) is 0. The van der Waals surface area contributed by atoms with E-state index in [0.717, 1.165) is 34.2 Å². The van der Waals surface area contributed by atoms with Gasteiger partial charge in [0.1, 0.15) is 17.4 Å². The molecule has 0 aliphatic rings. The molecule has 2 aromatic rings. The zero-order valence-electron chi connectivity index (χ0n) is 13.6. The lowest BCUT2D eigenvalue weighted by atomic mass is 9.94. The Bertz CT molecular complexity index is 645. The zero-order valence-corrected chi connectivity index (χ0v) is 13.6. The Morgan fingerprint density at radius 1 is 1.10 bits per heavy atom. The number of rotatable bonds is 3. The molecular formula is C17H23N3O. The third kappa shape index (κ3) is 2.99. The first-order chi connectivity index (χ1) is 9.88. The van der Waals surface area contributed by atoms with Crippen LogP contribution in [0, 0.1) is 6.92 Å². The summed E-state index contributed by atoms with van der Waals surface area (Å²) >= 11 is 0. The van der Waals surface area contributed by atoms with Gasteiger partial charge in [-0.3, -0.25) is 0 Å². The van der Waals surface area contributed by atoms with E-state index < -0.39 is 0 Å². The van der Waals surface area contributed by atoms with Gasteiger partial charge in [-0.2, -0.15) is 0 Å². The number of ether oxygens (including phenoxy) is 1. The van der Waals surface area contributed by atoms with E-state index in [0.29, 0.717) is 0 Å². The van der Waals surface area contributed by atoms with Crippen LogP contribution in [0.15, 0.2) is 24.3 Å². The van der Waals surface area contributed by atoms with E-state index in [1.54, 1.807) is 7.11 Å². The van der Waals surface area contributed by atoms with Crippen LogP contribution in [-0.4, -0.2) is 24.1 Å². The largest absolute Gasteiger partial charge is 0.496 e. The molecule has 0 spiro atoms. The van der Waals surface area contributed by atoms with Gasteiger partial charge in [-0.1, -0.05) is 32.9 Å². The molecule has 0 saturated heterocycles. The van der Waals surface area contributed by atoms with Gasteiger partial charge in [0.05, 0.1) is 12.8 Å². The van der Waals surface area contributed by atoms with Crippen LogP contribution < -0.4 is 10.1 Å². The molecule has 0 radical (unpaired) electrons. The molecule has 4 heteroatoms. The summed E-state index contributed by atoms with van der Waals surface area (Å²) in [5, 5.41) is 3.16. The van der Waals surface area contributed by atoms with Crippen LogP contribution in [0.4, 0.5) is 5.82 Å². The van der Waals surface area contributed by atoms with Crippen LogP contribution in [0.3, 0.4) is 0 Å². The lowest BCUT2D eigenvalue weighted by Crippen LogP contribution is -2.18. The molecule has 1 aromatic heterocycles. The average Bonchev–Trinajstić information content (AvgIpc) is 2.46. The fourth-order valence-electron chi connectivity index (χ4n) is 2.20. The second-order valence-corrected chi connectivity index (χ2v) is 6.07. The molecule has 1 heterocycles. The first-order valence-electron chi connectivity index (χ1n) is 7.08. The van der Waals surface area contributed by atoms with Crippen LogP contribution in [0.5, 0.6) is 5.75 Å². The predicted molar refractivity (Wildman–Crippen MR) is 87.0 cm³/mol. The van der Waals surface area contributed by atoms with Crippen molar-refractivity contribution in [3.8, 4) is 17.0 Å². The van der Waals surface area contributed by atoms with Crippen LogP contribution in [0.2, 0.25) is 0 Å². The molecule has 1 N–H and O–H groups in total. The summed E-state index contributed by atoms with van der Waals surface area (Å²) in [6.45, 7) is 8.37. The van der Waals surface area contributed by atoms with E-state index in [9.17, 15) is 0 Å². The molecule has 4 nitrogen and oxygen atoms in total. The fourth-order valence-corrected chi connectivity index (χ4v) is 2.20. The van der Waals surface area contributed by atoms with Crippen LogP contribution in [0.1, 0.15) is 32.2 Å². The van der Waals surface area contributed by atoms with Crippen molar-refractivity contribution < 1.29 is 4.74 Å². The predicted octanol–water partition coefficient (Wildman–Crippen LogP) is 3.80. The minimum absolute atomic E-state index is 0.115. The summed E-state index contributed by atoms with van der Waals surface area (Å²) in [6, 6.07) is 7.93. The normalized spacial score (nSPS) is 11.3. The molecule has 21 heavy (non-hydrogen) atoms. The van der Waals surface area contributed by atoms with Gasteiger partial charge in [-0.05, 0) is 19.1 Å². The molecule has 0 unspecified atom stereocenters. The molecule has 1 aromatic carbocycles. The first kappa shape index (κ1) is 15.3. The molecular weight excluding hydrogens is 262 g/mol. The molecule has 112 valence electrons. The number of methoxy groups -OCH3 is 1. The Morgan fingerprint density at radius 2 is 1.76 bits per heavy atom. The van der Waals surface area contributed by atoms with E-state index >= 15 is 0 Å². The van der Waals surface area contributed by atoms with Crippen molar-refractivity contribution in [1.29, 1.82) is 0 Å². The van der Waals surface area contributed by atoms with Crippen molar-refractivity contribution in [2.75, 3.05) is 19.5 Å². The topological polar surface area (TPSA) is 47.0 Å². The van der Waals surface area contributed by atoms with Gasteiger partial charge in [0.25, 0.3) is 0 Å². The Morgan fingerprint density at radius 3 is 2.33 bits per heavy atom. The van der Waals surface area contributed by atoms with E-state index in [2.05, 4.69) is 31.1 Å². The third-order valence-corrected chi connectivity index (χ3v) is 3.42. The summed E-state index contributed by atoms with van der Waals surface area (Å²) in [7, 11) is 3.56. The molecule has 0 aliphatic heterocycles. The standard InChI is InChI=1S/C17H23N3O/c1-11-14(12-9-7-8-10-13(12)21-6)19-16(17(2,3)4)20-15(11)18-5/h7-10H,1-6H3,(H,18,19,20). The highest BCUT2D eigenvalue weighted by molar-refractivity contribution is 5.73. The van der Waals surface area contributed by atoms with Crippen LogP contribution in [0.25, 0.3) is 11.3 Å². The van der Waals surface area contributed by atoms with Gasteiger partial charge in [-0.25, -0.2) is 9.97 Å². The smallest absolute Gasteiger partial charge is 0.136 e. The number of nitrogens with one attached hydrogen (secondary N) is 1. The summed E-state index contributed by atoms with van der Waals surface area (Å²) in [5.74, 6) is 2.50. The molecule has 0 bridgehead atoms. The van der Waals surface area contributed by atoms with Crippen molar-refractivity contribution in [3.63, 3.8) is 0 Å². The molecule has 0 saturated carbocycles. The van der Waals surface area contributed by atoms with E-state index in [-0.39, 0.29) is 5.41 Å². The Balaban J connectivity index is 2.73. The summed E-state index contributed by atoms with van der Waals surface area (Å²) in [4.78, 5) is 9.44. The number of benzene rings is 1. The number of anilines is 1. The number of nitrogens with zero attached hydrogens (tertiary/aromatic N) is 2. The highest BCUT2D eigenvalue weighted by Crippen LogP contribution is 2.34. The molecule has 2 rings (SSSR count). The van der Waals surface area contributed by atoms with Gasteiger partial charge in [-0.15, -0.1) is 0 Å². The van der Waals surface area contributed by atoms with Crippen LogP contribution >= 0.6 is 0 Å². The van der Waals surface area contributed by atoms with Gasteiger partial charge in [0, 0.05) is 23.6 Å². The van der Waals surface area contributed by atoms with Gasteiger partial charge in [0.2, 0.25) is 0 Å². The van der Waals surface area contributed by atoms with Crippen molar-refractivity contribution in [2.24, 2.45) is 0 Å². The SMILES string of the molecule is CNc1nc(C(C)(C)C)nc(-c2ccccc2OC)c1C. The minimum atomic E-state index is -0.115. The maximum atomic E-state index is 5.47. The van der Waals surface area contributed by atoms with Gasteiger partial charge >= 0.3 is 0 Å².